The second-order valence-corrected chi connectivity index (χ2v) is 5.95. The minimum atomic E-state index is 0.416. The van der Waals surface area contributed by atoms with Gasteiger partial charge in [0.15, 0.2) is 0 Å². The van der Waals surface area contributed by atoms with E-state index in [0.717, 1.165) is 18.5 Å². The summed E-state index contributed by atoms with van der Waals surface area (Å²) >= 11 is 2.34. The lowest BCUT2D eigenvalue weighted by atomic mass is 10.1. The van der Waals surface area contributed by atoms with Gasteiger partial charge in [0.05, 0.1) is 6.04 Å². The van der Waals surface area contributed by atoms with Gasteiger partial charge in [0.2, 0.25) is 0 Å². The molecule has 18 heavy (non-hydrogen) atoms. The number of nitrogen functional groups attached to an aromatic ring is 1. The van der Waals surface area contributed by atoms with Gasteiger partial charge in [-0.25, -0.2) is 0 Å². The molecule has 2 aromatic carbocycles. The van der Waals surface area contributed by atoms with Crippen LogP contribution >= 0.6 is 22.6 Å². The average Bonchev–Trinajstić information content (AvgIpc) is 2.72. The molecule has 3 N–H and O–H groups in total. The largest absolute Gasteiger partial charge is 0.399 e. The Bertz CT molecular complexity index is 580. The standard InChI is InChI=1S/C15H15IN2/c16-11-2-1-3-13(9-11)18-15-7-4-10-8-12(17)5-6-14(10)15/h1-3,5-6,8-9,15,18H,4,7,17H2. The quantitative estimate of drug-likeness (QED) is 0.635. The Kier molecular flexibility index (Phi) is 3.16. The van der Waals surface area contributed by atoms with E-state index in [9.17, 15) is 0 Å². The Labute approximate surface area is 121 Å². The van der Waals surface area contributed by atoms with Gasteiger partial charge < -0.3 is 11.1 Å². The van der Waals surface area contributed by atoms with Gasteiger partial charge in [0.1, 0.15) is 0 Å². The number of anilines is 2. The summed E-state index contributed by atoms with van der Waals surface area (Å²) in [7, 11) is 0. The molecule has 92 valence electrons. The number of nitrogens with one attached hydrogen (secondary N) is 1. The van der Waals surface area contributed by atoms with Crippen LogP contribution in [0.1, 0.15) is 23.6 Å². The zero-order valence-corrected chi connectivity index (χ0v) is 12.1. The third kappa shape index (κ3) is 2.32. The molecule has 0 fully saturated rings. The normalized spacial score (nSPS) is 17.5. The molecule has 3 heteroatoms. The highest BCUT2D eigenvalue weighted by atomic mass is 127. The van der Waals surface area contributed by atoms with Crippen molar-refractivity contribution in [2.45, 2.75) is 18.9 Å². The third-order valence-corrected chi connectivity index (χ3v) is 4.08. The Hall–Kier alpha value is -1.23. The molecule has 3 rings (SSSR count). The van der Waals surface area contributed by atoms with Crippen molar-refractivity contribution < 1.29 is 0 Å². The smallest absolute Gasteiger partial charge is 0.0519 e. The first-order valence-corrected chi connectivity index (χ1v) is 7.20. The number of fused-ring (bicyclic) bond motifs is 1. The average molecular weight is 350 g/mol. The summed E-state index contributed by atoms with van der Waals surface area (Å²) < 4.78 is 1.26. The fourth-order valence-corrected chi connectivity index (χ4v) is 3.11. The van der Waals surface area contributed by atoms with Crippen LogP contribution in [0.15, 0.2) is 42.5 Å². The van der Waals surface area contributed by atoms with Crippen molar-refractivity contribution >= 4 is 34.0 Å². The number of benzene rings is 2. The van der Waals surface area contributed by atoms with Gasteiger partial charge in [-0.15, -0.1) is 0 Å². The molecule has 0 aliphatic heterocycles. The summed E-state index contributed by atoms with van der Waals surface area (Å²) in [6, 6.07) is 15.2. The van der Waals surface area contributed by atoms with Crippen molar-refractivity contribution in [2.75, 3.05) is 11.1 Å². The van der Waals surface area contributed by atoms with Crippen molar-refractivity contribution in [1.82, 2.24) is 0 Å². The molecular weight excluding hydrogens is 335 g/mol. The molecule has 1 atom stereocenters. The minimum Gasteiger partial charge on any atom is -0.399 e. The van der Waals surface area contributed by atoms with Crippen LogP contribution in [0.3, 0.4) is 0 Å². The molecule has 2 aromatic rings. The van der Waals surface area contributed by atoms with Gasteiger partial charge >= 0.3 is 0 Å². The summed E-state index contributed by atoms with van der Waals surface area (Å²) in [5, 5.41) is 3.61. The Morgan fingerprint density at radius 3 is 2.89 bits per heavy atom. The predicted octanol–water partition coefficient (Wildman–Crippen LogP) is 3.97. The topological polar surface area (TPSA) is 38.0 Å². The maximum atomic E-state index is 5.83. The summed E-state index contributed by atoms with van der Waals surface area (Å²) in [5.74, 6) is 0. The van der Waals surface area contributed by atoms with Crippen molar-refractivity contribution in [3.63, 3.8) is 0 Å². The molecule has 1 aliphatic rings. The number of nitrogens with two attached hydrogens (primary N) is 1. The Morgan fingerprint density at radius 1 is 1.17 bits per heavy atom. The van der Waals surface area contributed by atoms with E-state index in [2.05, 4.69) is 64.3 Å². The number of rotatable bonds is 2. The first kappa shape index (κ1) is 11.8. The number of hydrogen-bond donors (Lipinski definition) is 2. The predicted molar refractivity (Wildman–Crippen MR) is 84.7 cm³/mol. The molecule has 0 spiro atoms. The van der Waals surface area contributed by atoms with Crippen LogP contribution in [-0.4, -0.2) is 0 Å². The van der Waals surface area contributed by atoms with Crippen LogP contribution in [0.2, 0.25) is 0 Å². The van der Waals surface area contributed by atoms with E-state index >= 15 is 0 Å². The molecule has 0 saturated heterocycles. The maximum Gasteiger partial charge on any atom is 0.0519 e. The highest BCUT2D eigenvalue weighted by Crippen LogP contribution is 2.34. The number of aryl methyl sites for hydroxylation is 1. The summed E-state index contributed by atoms with van der Waals surface area (Å²) in [4.78, 5) is 0. The molecule has 2 nitrogen and oxygen atoms in total. The monoisotopic (exact) mass is 350 g/mol. The SMILES string of the molecule is Nc1ccc2c(c1)CCC2Nc1cccc(I)c1. The molecule has 0 saturated carbocycles. The molecule has 0 heterocycles. The lowest BCUT2D eigenvalue weighted by molar-refractivity contribution is 0.762. The molecule has 0 bridgehead atoms. The molecule has 0 aromatic heterocycles. The summed E-state index contributed by atoms with van der Waals surface area (Å²) in [5.41, 5.74) is 10.7. The molecule has 1 unspecified atom stereocenters. The second-order valence-electron chi connectivity index (χ2n) is 4.70. The zero-order chi connectivity index (χ0) is 12.5. The molecule has 1 aliphatic carbocycles. The van der Waals surface area contributed by atoms with Crippen LogP contribution < -0.4 is 11.1 Å². The highest BCUT2D eigenvalue weighted by molar-refractivity contribution is 14.1. The van der Waals surface area contributed by atoms with Crippen LogP contribution in [0.4, 0.5) is 11.4 Å². The fourth-order valence-electron chi connectivity index (χ4n) is 2.57. The second kappa shape index (κ2) is 4.80. The fraction of sp³-hybridized carbons (Fsp3) is 0.200. The van der Waals surface area contributed by atoms with Gasteiger partial charge in [0.25, 0.3) is 0 Å². The van der Waals surface area contributed by atoms with Crippen LogP contribution in [0.25, 0.3) is 0 Å². The van der Waals surface area contributed by atoms with Crippen molar-refractivity contribution in [3.8, 4) is 0 Å². The lowest BCUT2D eigenvalue weighted by Crippen LogP contribution is -2.07. The van der Waals surface area contributed by atoms with Crippen LogP contribution in [0.5, 0.6) is 0 Å². The highest BCUT2D eigenvalue weighted by Gasteiger charge is 2.22. The lowest BCUT2D eigenvalue weighted by Gasteiger charge is -2.16. The first-order chi connectivity index (χ1) is 8.72. The van der Waals surface area contributed by atoms with E-state index in [4.69, 9.17) is 5.73 Å². The van der Waals surface area contributed by atoms with Crippen LogP contribution in [0, 0.1) is 3.57 Å². The van der Waals surface area contributed by atoms with E-state index < -0.39 is 0 Å². The van der Waals surface area contributed by atoms with Crippen molar-refractivity contribution in [1.29, 1.82) is 0 Å². The van der Waals surface area contributed by atoms with E-state index in [1.165, 1.54) is 20.4 Å². The maximum absolute atomic E-state index is 5.83. The van der Waals surface area contributed by atoms with Crippen molar-refractivity contribution in [2.24, 2.45) is 0 Å². The minimum absolute atomic E-state index is 0.416. The Balaban J connectivity index is 1.85. The van der Waals surface area contributed by atoms with Gasteiger partial charge in [-0.1, -0.05) is 12.1 Å². The van der Waals surface area contributed by atoms with Gasteiger partial charge in [-0.2, -0.15) is 0 Å². The van der Waals surface area contributed by atoms with E-state index in [0.29, 0.717) is 6.04 Å². The van der Waals surface area contributed by atoms with Gasteiger partial charge in [0, 0.05) is 14.9 Å². The summed E-state index contributed by atoms with van der Waals surface area (Å²) in [6.45, 7) is 0. The molecule has 0 radical (unpaired) electrons. The third-order valence-electron chi connectivity index (χ3n) is 3.41. The Morgan fingerprint density at radius 2 is 2.06 bits per heavy atom. The first-order valence-electron chi connectivity index (χ1n) is 6.13. The van der Waals surface area contributed by atoms with Crippen molar-refractivity contribution in [3.05, 3.63) is 57.2 Å². The summed E-state index contributed by atoms with van der Waals surface area (Å²) in [6.07, 6.45) is 2.26. The zero-order valence-electron chi connectivity index (χ0n) is 9.99. The van der Waals surface area contributed by atoms with E-state index in [1.807, 2.05) is 6.07 Å². The van der Waals surface area contributed by atoms with Crippen LogP contribution in [-0.2, 0) is 6.42 Å². The van der Waals surface area contributed by atoms with Gasteiger partial charge in [-0.05, 0) is 76.9 Å². The molecular formula is C15H15IN2. The number of halogens is 1. The van der Waals surface area contributed by atoms with Gasteiger partial charge in [-0.3, -0.25) is 0 Å². The molecule has 0 amide bonds. The van der Waals surface area contributed by atoms with E-state index in [-0.39, 0.29) is 0 Å². The number of hydrogen-bond acceptors (Lipinski definition) is 2. The van der Waals surface area contributed by atoms with E-state index in [1.54, 1.807) is 0 Å².